The smallest absolute Gasteiger partial charge is 0.144 e. The maximum Gasteiger partial charge on any atom is 0.144 e. The minimum absolute atomic E-state index is 0.232. The summed E-state index contributed by atoms with van der Waals surface area (Å²) in [6.45, 7) is 2.96. The van der Waals surface area contributed by atoms with Crippen LogP contribution in [0.5, 0.6) is 0 Å². The van der Waals surface area contributed by atoms with Crippen LogP contribution >= 0.6 is 0 Å². The van der Waals surface area contributed by atoms with Gasteiger partial charge in [-0.3, -0.25) is 4.79 Å². The van der Waals surface area contributed by atoms with Crippen LogP contribution in [0, 0.1) is 11.8 Å². The highest BCUT2D eigenvalue weighted by molar-refractivity contribution is 5.87. The third-order valence-electron chi connectivity index (χ3n) is 5.18. The molecule has 108 valence electrons. The predicted octanol–water partition coefficient (Wildman–Crippen LogP) is 2.99. The second-order valence-electron chi connectivity index (χ2n) is 6.23. The number of aryl methyl sites for hydroxylation is 2. The molecule has 0 radical (unpaired) electrons. The van der Waals surface area contributed by atoms with Crippen LogP contribution in [-0.2, 0) is 24.2 Å². The minimum atomic E-state index is 0.232. The highest BCUT2D eigenvalue weighted by atomic mass is 16.1. The highest BCUT2D eigenvalue weighted by Crippen LogP contribution is 2.60. The molecule has 21 heavy (non-hydrogen) atoms. The average molecular weight is 280 g/mol. The van der Waals surface area contributed by atoms with Crippen molar-refractivity contribution < 1.29 is 4.79 Å². The molecule has 3 nitrogen and oxygen atoms in total. The number of Topliss-reactive ketones (excluding diaryl/α,β-unsaturated/α-hetero) is 1. The van der Waals surface area contributed by atoms with Crippen molar-refractivity contribution in [3.05, 3.63) is 53.6 Å². The van der Waals surface area contributed by atoms with E-state index in [2.05, 4.69) is 40.7 Å². The Kier molecular flexibility index (Phi) is 2.95. The lowest BCUT2D eigenvalue weighted by Gasteiger charge is -2.13. The van der Waals surface area contributed by atoms with Gasteiger partial charge in [0, 0.05) is 24.9 Å². The van der Waals surface area contributed by atoms with E-state index in [1.54, 1.807) is 6.20 Å². The van der Waals surface area contributed by atoms with Crippen molar-refractivity contribution in [1.29, 1.82) is 0 Å². The van der Waals surface area contributed by atoms with Gasteiger partial charge in [0.1, 0.15) is 11.6 Å². The summed E-state index contributed by atoms with van der Waals surface area (Å²) in [7, 11) is 0. The van der Waals surface area contributed by atoms with Gasteiger partial charge in [0.2, 0.25) is 0 Å². The summed E-state index contributed by atoms with van der Waals surface area (Å²) in [5, 5.41) is 0. The van der Waals surface area contributed by atoms with Gasteiger partial charge in [-0.05, 0) is 42.7 Å². The van der Waals surface area contributed by atoms with Gasteiger partial charge >= 0.3 is 0 Å². The van der Waals surface area contributed by atoms with Crippen molar-refractivity contribution >= 4 is 5.78 Å². The van der Waals surface area contributed by atoms with E-state index in [0.29, 0.717) is 24.0 Å². The minimum Gasteiger partial charge on any atom is -0.335 e. The van der Waals surface area contributed by atoms with Gasteiger partial charge < -0.3 is 4.57 Å². The molecule has 0 saturated heterocycles. The quantitative estimate of drug-likeness (QED) is 0.863. The first-order valence-corrected chi connectivity index (χ1v) is 7.90. The van der Waals surface area contributed by atoms with E-state index in [0.717, 1.165) is 18.8 Å². The lowest BCUT2D eigenvalue weighted by Crippen LogP contribution is -2.12. The van der Waals surface area contributed by atoms with Crippen LogP contribution < -0.4 is 0 Å². The van der Waals surface area contributed by atoms with Gasteiger partial charge in [-0.15, -0.1) is 0 Å². The molecule has 1 aromatic carbocycles. The fourth-order valence-corrected chi connectivity index (χ4v) is 4.07. The number of hydrogen-bond acceptors (Lipinski definition) is 2. The summed E-state index contributed by atoms with van der Waals surface area (Å²) < 4.78 is 2.07. The Morgan fingerprint density at radius 3 is 3.10 bits per heavy atom. The van der Waals surface area contributed by atoms with Crippen molar-refractivity contribution in [1.82, 2.24) is 9.55 Å². The standard InChI is InChI=1S/C18H20N2O/c1-2-20-10-9-19-16(20)11-15(21)18-14-8-7-12-5-3-4-6-13(12)17(14)18/h3-6,9-10,14,17-18H,2,7-8,11H2,1H3. The van der Waals surface area contributed by atoms with Crippen LogP contribution in [0.4, 0.5) is 0 Å². The first-order valence-electron chi connectivity index (χ1n) is 7.90. The Morgan fingerprint density at radius 1 is 1.38 bits per heavy atom. The van der Waals surface area contributed by atoms with E-state index in [1.807, 2.05) is 6.20 Å². The average Bonchev–Trinajstić information content (AvgIpc) is 3.11. The molecule has 2 aliphatic carbocycles. The van der Waals surface area contributed by atoms with Gasteiger partial charge in [-0.1, -0.05) is 24.3 Å². The van der Waals surface area contributed by atoms with Crippen LogP contribution in [-0.4, -0.2) is 15.3 Å². The van der Waals surface area contributed by atoms with E-state index < -0.39 is 0 Å². The van der Waals surface area contributed by atoms with E-state index in [1.165, 1.54) is 17.5 Å². The molecule has 3 unspecified atom stereocenters. The molecular weight excluding hydrogens is 260 g/mol. The molecule has 0 N–H and O–H groups in total. The normalized spacial score (nSPS) is 26.0. The zero-order valence-corrected chi connectivity index (χ0v) is 12.3. The number of carbonyl (C=O) groups is 1. The number of ketones is 1. The number of rotatable bonds is 4. The molecule has 2 aromatic rings. The molecule has 0 spiro atoms. The second kappa shape index (κ2) is 4.83. The molecule has 3 heteroatoms. The fourth-order valence-electron chi connectivity index (χ4n) is 4.07. The highest BCUT2D eigenvalue weighted by Gasteiger charge is 2.56. The number of fused-ring (bicyclic) bond motifs is 3. The zero-order chi connectivity index (χ0) is 14.4. The predicted molar refractivity (Wildman–Crippen MR) is 81.1 cm³/mol. The van der Waals surface area contributed by atoms with Crippen LogP contribution in [0.25, 0.3) is 0 Å². The van der Waals surface area contributed by atoms with E-state index in [9.17, 15) is 4.79 Å². The molecule has 0 aliphatic heterocycles. The molecule has 1 fully saturated rings. The van der Waals surface area contributed by atoms with Gasteiger partial charge in [0.25, 0.3) is 0 Å². The summed E-state index contributed by atoms with van der Waals surface area (Å²) >= 11 is 0. The largest absolute Gasteiger partial charge is 0.335 e. The molecule has 0 amide bonds. The summed E-state index contributed by atoms with van der Waals surface area (Å²) in [5.41, 5.74) is 2.87. The maximum absolute atomic E-state index is 12.7. The number of benzene rings is 1. The van der Waals surface area contributed by atoms with Crippen molar-refractivity contribution in [3.63, 3.8) is 0 Å². The summed E-state index contributed by atoms with van der Waals surface area (Å²) in [6, 6.07) is 8.64. The van der Waals surface area contributed by atoms with Crippen LogP contribution in [0.1, 0.15) is 36.2 Å². The van der Waals surface area contributed by atoms with Crippen LogP contribution in [0.3, 0.4) is 0 Å². The van der Waals surface area contributed by atoms with E-state index in [-0.39, 0.29) is 5.92 Å². The third-order valence-corrected chi connectivity index (χ3v) is 5.18. The first kappa shape index (κ1) is 12.8. The Morgan fingerprint density at radius 2 is 2.24 bits per heavy atom. The summed E-state index contributed by atoms with van der Waals surface area (Å²) in [5.74, 6) is 2.59. The van der Waals surface area contributed by atoms with Crippen molar-refractivity contribution in [2.45, 2.75) is 38.6 Å². The molecule has 1 aromatic heterocycles. The zero-order valence-electron chi connectivity index (χ0n) is 12.3. The molecule has 1 saturated carbocycles. The fraction of sp³-hybridized carbons (Fsp3) is 0.444. The third kappa shape index (κ3) is 2.03. The Labute approximate surface area is 125 Å². The summed E-state index contributed by atoms with van der Waals surface area (Å²) in [4.78, 5) is 17.0. The number of hydrogen-bond donors (Lipinski definition) is 0. The molecule has 2 aliphatic rings. The SMILES string of the molecule is CCn1ccnc1CC(=O)C1C2CCc3ccccc3C21. The molecular formula is C18H20N2O. The summed E-state index contributed by atoms with van der Waals surface area (Å²) in [6.07, 6.45) is 6.53. The lowest BCUT2D eigenvalue weighted by molar-refractivity contribution is -0.120. The van der Waals surface area contributed by atoms with Crippen molar-refractivity contribution in [3.8, 4) is 0 Å². The Bertz CT molecular complexity index is 688. The molecule has 0 bridgehead atoms. The van der Waals surface area contributed by atoms with E-state index in [4.69, 9.17) is 0 Å². The number of carbonyl (C=O) groups excluding carboxylic acids is 1. The molecule has 1 heterocycles. The van der Waals surface area contributed by atoms with Crippen LogP contribution in [0.2, 0.25) is 0 Å². The Hall–Kier alpha value is -1.90. The number of imidazole rings is 1. The van der Waals surface area contributed by atoms with Gasteiger partial charge in [0.05, 0.1) is 6.42 Å². The second-order valence-corrected chi connectivity index (χ2v) is 6.23. The van der Waals surface area contributed by atoms with Crippen LogP contribution in [0.15, 0.2) is 36.7 Å². The van der Waals surface area contributed by atoms with Gasteiger partial charge in [0.15, 0.2) is 0 Å². The van der Waals surface area contributed by atoms with Gasteiger partial charge in [-0.2, -0.15) is 0 Å². The Balaban J connectivity index is 1.53. The molecule has 3 atom stereocenters. The van der Waals surface area contributed by atoms with E-state index >= 15 is 0 Å². The molecule has 4 rings (SSSR count). The van der Waals surface area contributed by atoms with Crippen molar-refractivity contribution in [2.75, 3.05) is 0 Å². The monoisotopic (exact) mass is 280 g/mol. The number of nitrogens with zero attached hydrogens (tertiary/aromatic N) is 2. The van der Waals surface area contributed by atoms with Crippen molar-refractivity contribution in [2.24, 2.45) is 11.8 Å². The topological polar surface area (TPSA) is 34.9 Å². The lowest BCUT2D eigenvalue weighted by atomic mass is 9.92. The number of aromatic nitrogens is 2. The first-order chi connectivity index (χ1) is 10.3. The maximum atomic E-state index is 12.7. The van der Waals surface area contributed by atoms with Gasteiger partial charge in [-0.25, -0.2) is 4.98 Å².